The van der Waals surface area contributed by atoms with E-state index in [0.717, 1.165) is 128 Å². The summed E-state index contributed by atoms with van der Waals surface area (Å²) in [5.74, 6) is 0. The van der Waals surface area contributed by atoms with Crippen LogP contribution in [0.1, 0.15) is 0 Å². The van der Waals surface area contributed by atoms with Gasteiger partial charge in [-0.1, -0.05) is 267 Å². The maximum Gasteiger partial charge on any atom is 0.252 e. The van der Waals surface area contributed by atoms with Crippen molar-refractivity contribution in [3.05, 3.63) is 340 Å². The monoisotopic (exact) mass is 1240 g/mol. The summed E-state index contributed by atoms with van der Waals surface area (Å²) in [6, 6.07) is 127. The first-order chi connectivity index (χ1) is 47.6. The van der Waals surface area contributed by atoms with Crippen molar-refractivity contribution in [2.45, 2.75) is 0 Å². The molecule has 0 unspecified atom stereocenters. The molecular formula is C90H56BN3OS. The van der Waals surface area contributed by atoms with Gasteiger partial charge in [0.25, 0.3) is 6.71 Å². The average molecular weight is 1240 g/mol. The number of para-hydroxylation sites is 5. The van der Waals surface area contributed by atoms with Crippen molar-refractivity contribution in [3.63, 3.8) is 0 Å². The van der Waals surface area contributed by atoms with Gasteiger partial charge in [0.2, 0.25) is 0 Å². The van der Waals surface area contributed by atoms with Crippen LogP contribution in [0.25, 0.3) is 136 Å². The van der Waals surface area contributed by atoms with Crippen LogP contribution in [0, 0.1) is 0 Å². The fraction of sp³-hybridized carbons (Fsp3) is 0. The third-order valence-electron chi connectivity index (χ3n) is 20.2. The second kappa shape index (κ2) is 21.7. The minimum absolute atomic E-state index is 0.257. The molecule has 96 heavy (non-hydrogen) atoms. The van der Waals surface area contributed by atoms with E-state index in [0.29, 0.717) is 0 Å². The Kier molecular flexibility index (Phi) is 12.3. The van der Waals surface area contributed by atoms with Crippen molar-refractivity contribution in [2.24, 2.45) is 0 Å². The molecule has 6 heteroatoms. The van der Waals surface area contributed by atoms with Gasteiger partial charge in [-0.15, -0.1) is 11.3 Å². The first kappa shape index (κ1) is 54.4. The van der Waals surface area contributed by atoms with Crippen molar-refractivity contribution in [3.8, 4) is 72.4 Å². The van der Waals surface area contributed by atoms with Crippen LogP contribution >= 0.6 is 11.3 Å². The molecule has 20 rings (SSSR count). The summed E-state index contributed by atoms with van der Waals surface area (Å²) < 4.78 is 11.6. The topological polar surface area (TPSA) is 24.6 Å². The summed E-state index contributed by atoms with van der Waals surface area (Å²) in [7, 11) is 0. The number of anilines is 6. The van der Waals surface area contributed by atoms with Crippen molar-refractivity contribution in [1.82, 2.24) is 4.57 Å². The number of hydrogen-bond donors (Lipinski definition) is 0. The summed E-state index contributed by atoms with van der Waals surface area (Å²) in [6.45, 7) is -0.257. The molecule has 0 aliphatic carbocycles. The standard InChI is InChI=1S/C90H56BN3OS/c1-5-23-57(24-6-1)66-35-21-36-67(58-25-7-2-8-26-58)89(66)93-80-48-44-63(62-46-50-87-75(52-62)73-34-16-20-42-86(73)96-87)53-77(80)91-76-47-43-64(61-45-49-85-74(51-61)72-33-15-19-41-84(72)95-85)54-81(76)94(90-68(59-27-9-3-10-28-59)37-22-38-69(90)60-29-11-4-12-30-60)83-56-65(55-82(93)88(83)91)92-78-39-17-13-31-70(78)71-32-14-18-40-79(71)92/h1-56H. The zero-order valence-electron chi connectivity index (χ0n) is 52.1. The zero-order chi connectivity index (χ0) is 63.0. The molecule has 18 aromatic rings. The number of furan rings is 1. The molecule has 0 atom stereocenters. The Labute approximate surface area is 559 Å². The van der Waals surface area contributed by atoms with Crippen LogP contribution in [0.2, 0.25) is 0 Å². The zero-order valence-corrected chi connectivity index (χ0v) is 52.9. The van der Waals surface area contributed by atoms with Gasteiger partial charge in [0, 0.05) is 86.7 Å². The number of aromatic nitrogens is 1. The molecule has 2 aliphatic rings. The van der Waals surface area contributed by atoms with Gasteiger partial charge in [-0.05, 0) is 134 Å². The van der Waals surface area contributed by atoms with E-state index in [2.05, 4.69) is 354 Å². The molecule has 0 fully saturated rings. The van der Waals surface area contributed by atoms with E-state index in [1.807, 2.05) is 11.3 Å². The van der Waals surface area contributed by atoms with Gasteiger partial charge < -0.3 is 18.8 Å². The highest BCUT2D eigenvalue weighted by Crippen LogP contribution is 2.54. The molecule has 0 spiro atoms. The highest BCUT2D eigenvalue weighted by Gasteiger charge is 2.46. The van der Waals surface area contributed by atoms with Crippen LogP contribution in [-0.2, 0) is 0 Å². The Morgan fingerprint density at radius 3 is 1.29 bits per heavy atom. The normalized spacial score (nSPS) is 12.5. The molecule has 3 aromatic heterocycles. The maximum atomic E-state index is 6.50. The van der Waals surface area contributed by atoms with Crippen molar-refractivity contribution in [2.75, 3.05) is 9.80 Å². The van der Waals surface area contributed by atoms with Crippen LogP contribution in [0.5, 0.6) is 0 Å². The summed E-state index contributed by atoms with van der Waals surface area (Å²) >= 11 is 1.86. The van der Waals surface area contributed by atoms with E-state index in [-0.39, 0.29) is 6.71 Å². The number of benzene rings is 15. The summed E-state index contributed by atoms with van der Waals surface area (Å²) in [5, 5.41) is 7.17. The first-order valence-corrected chi connectivity index (χ1v) is 33.8. The van der Waals surface area contributed by atoms with E-state index >= 15 is 0 Å². The lowest BCUT2D eigenvalue weighted by atomic mass is 9.33. The number of hydrogen-bond acceptors (Lipinski definition) is 4. The molecule has 15 aromatic carbocycles. The predicted molar refractivity (Wildman–Crippen MR) is 408 cm³/mol. The molecular weight excluding hydrogens is 1180 g/mol. The van der Waals surface area contributed by atoms with E-state index in [1.54, 1.807) is 0 Å². The molecule has 0 amide bonds. The smallest absolute Gasteiger partial charge is 0.252 e. The van der Waals surface area contributed by atoms with Gasteiger partial charge in [-0.3, -0.25) is 0 Å². The molecule has 0 saturated carbocycles. The van der Waals surface area contributed by atoms with Gasteiger partial charge >= 0.3 is 0 Å². The lowest BCUT2D eigenvalue weighted by molar-refractivity contribution is 0.669. The van der Waals surface area contributed by atoms with Crippen molar-refractivity contribution in [1.29, 1.82) is 0 Å². The van der Waals surface area contributed by atoms with Gasteiger partial charge in [0.1, 0.15) is 11.2 Å². The van der Waals surface area contributed by atoms with Crippen LogP contribution in [0.15, 0.2) is 344 Å². The van der Waals surface area contributed by atoms with Crippen LogP contribution in [0.4, 0.5) is 34.1 Å². The highest BCUT2D eigenvalue weighted by molar-refractivity contribution is 7.25. The number of rotatable bonds is 9. The third-order valence-corrected chi connectivity index (χ3v) is 21.3. The molecule has 0 N–H and O–H groups in total. The summed E-state index contributed by atoms with van der Waals surface area (Å²) in [4.78, 5) is 5.33. The second-order valence-corrected chi connectivity index (χ2v) is 26.5. The van der Waals surface area contributed by atoms with Crippen LogP contribution in [-0.4, -0.2) is 11.3 Å². The van der Waals surface area contributed by atoms with Gasteiger partial charge in [-0.25, -0.2) is 0 Å². The van der Waals surface area contributed by atoms with E-state index in [1.165, 1.54) is 58.5 Å². The maximum absolute atomic E-state index is 6.50. The fourth-order valence-electron chi connectivity index (χ4n) is 15.9. The largest absolute Gasteiger partial charge is 0.456 e. The second-order valence-electron chi connectivity index (χ2n) is 25.4. The Hall–Kier alpha value is -12.2. The number of thiophene rings is 1. The molecule has 4 nitrogen and oxygen atoms in total. The minimum atomic E-state index is -0.257. The SMILES string of the molecule is c1ccc(-c2cccc(-c3ccccc3)c2N2c3ccc(-c4ccc5sc6ccccc6c5c4)cc3B3c4ccc(-c5ccc6oc7ccccc7c6c5)cc4N(c4c(-c5ccccc5)cccc4-c4ccccc4)c4cc(-n5c6ccccc6c6ccccc65)cc2c43)cc1. The molecule has 0 radical (unpaired) electrons. The van der Waals surface area contributed by atoms with Crippen LogP contribution < -0.4 is 26.2 Å². The van der Waals surface area contributed by atoms with Crippen LogP contribution in [0.3, 0.4) is 0 Å². The average Bonchev–Trinajstić information content (AvgIpc) is 0.792. The molecule has 0 saturated heterocycles. The Morgan fingerprint density at radius 2 is 0.698 bits per heavy atom. The minimum Gasteiger partial charge on any atom is -0.456 e. The Morgan fingerprint density at radius 1 is 0.260 bits per heavy atom. The first-order valence-electron chi connectivity index (χ1n) is 33.0. The molecule has 2 aliphatic heterocycles. The molecule has 5 heterocycles. The van der Waals surface area contributed by atoms with E-state index in [4.69, 9.17) is 4.42 Å². The van der Waals surface area contributed by atoms with E-state index < -0.39 is 0 Å². The van der Waals surface area contributed by atoms with Gasteiger partial charge in [0.05, 0.1) is 28.1 Å². The van der Waals surface area contributed by atoms with Crippen molar-refractivity contribution < 1.29 is 4.42 Å². The predicted octanol–water partition coefficient (Wildman–Crippen LogP) is 23.1. The number of fused-ring (bicyclic) bond motifs is 13. The lowest BCUT2D eigenvalue weighted by Crippen LogP contribution is -2.61. The summed E-state index contributed by atoms with van der Waals surface area (Å²) in [5.41, 5.74) is 29.0. The molecule has 446 valence electrons. The highest BCUT2D eigenvalue weighted by atomic mass is 32.1. The fourth-order valence-corrected chi connectivity index (χ4v) is 17.0. The van der Waals surface area contributed by atoms with Crippen molar-refractivity contribution >= 4 is 132 Å². The molecule has 0 bridgehead atoms. The van der Waals surface area contributed by atoms with Gasteiger partial charge in [-0.2, -0.15) is 0 Å². The third kappa shape index (κ3) is 8.42. The number of nitrogens with zero attached hydrogens (tertiary/aromatic N) is 3. The van der Waals surface area contributed by atoms with Gasteiger partial charge in [0.15, 0.2) is 0 Å². The Balaban J connectivity index is 0.962. The Bertz CT molecular complexity index is 6000. The quantitative estimate of drug-likeness (QED) is 0.135. The van der Waals surface area contributed by atoms with E-state index in [9.17, 15) is 0 Å². The summed E-state index contributed by atoms with van der Waals surface area (Å²) in [6.07, 6.45) is 0. The lowest BCUT2D eigenvalue weighted by Gasteiger charge is -2.46.